The van der Waals surface area contributed by atoms with E-state index in [2.05, 4.69) is 26.1 Å². The summed E-state index contributed by atoms with van der Waals surface area (Å²) in [6.07, 6.45) is 3.92. The first-order valence-corrected chi connectivity index (χ1v) is 6.65. The molecule has 1 N–H and O–H groups in total. The first-order chi connectivity index (χ1) is 7.81. The third kappa shape index (κ3) is 1.88. The maximum Gasteiger partial charge on any atom is 0.322 e. The Morgan fingerprint density at radius 3 is 2.53 bits per heavy atom. The summed E-state index contributed by atoms with van der Waals surface area (Å²) in [5.74, 6) is 0.641. The third-order valence-electron chi connectivity index (χ3n) is 5.24. The van der Waals surface area contributed by atoms with Crippen molar-refractivity contribution in [3.8, 4) is 0 Å². The van der Waals surface area contributed by atoms with Crippen LogP contribution in [0.2, 0.25) is 0 Å². The highest BCUT2D eigenvalue weighted by molar-refractivity contribution is 5.75. The van der Waals surface area contributed by atoms with Gasteiger partial charge in [0.1, 0.15) is 6.04 Å². The molecule has 0 aromatic carbocycles. The Morgan fingerprint density at radius 1 is 1.41 bits per heavy atom. The Bertz CT molecular complexity index is 321. The zero-order chi connectivity index (χ0) is 12.8. The summed E-state index contributed by atoms with van der Waals surface area (Å²) in [5, 5.41) is 3.52. The lowest BCUT2D eigenvalue weighted by Crippen LogP contribution is -2.55. The molecule has 98 valence electrons. The molecule has 17 heavy (non-hydrogen) atoms. The van der Waals surface area contributed by atoms with Gasteiger partial charge in [0, 0.05) is 6.04 Å². The van der Waals surface area contributed by atoms with E-state index < -0.39 is 0 Å². The molecule has 3 heteroatoms. The maximum atomic E-state index is 11.5. The van der Waals surface area contributed by atoms with Crippen LogP contribution in [0.3, 0.4) is 0 Å². The first-order valence-electron chi connectivity index (χ1n) is 6.65. The van der Waals surface area contributed by atoms with E-state index in [-0.39, 0.29) is 17.4 Å². The van der Waals surface area contributed by atoms with Crippen molar-refractivity contribution in [2.75, 3.05) is 7.11 Å². The fourth-order valence-electron chi connectivity index (χ4n) is 4.21. The standard InChI is InChI=1S/C14H25NO2/c1-9(11(16)17-5)15-12-13(2,3)10-6-7-14(12,4)8-10/h9-10,12,15H,6-8H2,1-5H3/t9?,10-,12?,14+/m0/s1. The van der Waals surface area contributed by atoms with Crippen LogP contribution < -0.4 is 5.32 Å². The average molecular weight is 239 g/mol. The highest BCUT2D eigenvalue weighted by atomic mass is 16.5. The molecule has 0 heterocycles. The van der Waals surface area contributed by atoms with E-state index in [1.165, 1.54) is 26.4 Å². The van der Waals surface area contributed by atoms with Gasteiger partial charge in [0.15, 0.2) is 0 Å². The molecule has 2 aliphatic rings. The molecule has 0 spiro atoms. The summed E-state index contributed by atoms with van der Waals surface area (Å²) in [7, 11) is 1.45. The van der Waals surface area contributed by atoms with E-state index in [0.717, 1.165) is 5.92 Å². The van der Waals surface area contributed by atoms with E-state index in [1.54, 1.807) is 0 Å². The number of methoxy groups -OCH3 is 1. The summed E-state index contributed by atoms with van der Waals surface area (Å²) in [4.78, 5) is 11.5. The van der Waals surface area contributed by atoms with Crippen molar-refractivity contribution in [1.29, 1.82) is 0 Å². The molecule has 2 fully saturated rings. The van der Waals surface area contributed by atoms with E-state index >= 15 is 0 Å². The summed E-state index contributed by atoms with van der Waals surface area (Å²) in [5.41, 5.74) is 0.645. The molecular weight excluding hydrogens is 214 g/mol. The Hall–Kier alpha value is -0.570. The van der Waals surface area contributed by atoms with Crippen LogP contribution >= 0.6 is 0 Å². The summed E-state index contributed by atoms with van der Waals surface area (Å²) >= 11 is 0. The van der Waals surface area contributed by atoms with Gasteiger partial charge < -0.3 is 10.1 Å². The lowest BCUT2D eigenvalue weighted by molar-refractivity contribution is -0.143. The van der Waals surface area contributed by atoms with Crippen molar-refractivity contribution in [1.82, 2.24) is 5.32 Å². The average Bonchev–Trinajstić information content (AvgIpc) is 2.74. The number of carbonyl (C=O) groups is 1. The second-order valence-corrected chi connectivity index (χ2v) is 6.76. The molecule has 2 rings (SSSR count). The zero-order valence-corrected chi connectivity index (χ0v) is 11.7. The number of hydrogen-bond donors (Lipinski definition) is 1. The Labute approximate surface area is 104 Å². The molecule has 2 bridgehead atoms. The molecule has 0 radical (unpaired) electrons. The highest BCUT2D eigenvalue weighted by Crippen LogP contribution is 2.62. The normalized spacial score (nSPS) is 40.3. The van der Waals surface area contributed by atoms with Crippen molar-refractivity contribution < 1.29 is 9.53 Å². The first kappa shape index (κ1) is 12.9. The van der Waals surface area contributed by atoms with Crippen LogP contribution in [0.5, 0.6) is 0 Å². The maximum absolute atomic E-state index is 11.5. The minimum absolute atomic E-state index is 0.160. The molecule has 0 saturated heterocycles. The number of rotatable bonds is 3. The van der Waals surface area contributed by atoms with Crippen LogP contribution in [0.15, 0.2) is 0 Å². The molecule has 0 amide bonds. The number of ether oxygens (including phenoxy) is 1. The van der Waals surface area contributed by atoms with Crippen molar-refractivity contribution in [2.45, 2.75) is 59.0 Å². The number of nitrogens with one attached hydrogen (secondary N) is 1. The van der Waals surface area contributed by atoms with Gasteiger partial charge in [0.05, 0.1) is 7.11 Å². The van der Waals surface area contributed by atoms with Crippen LogP contribution in [0.25, 0.3) is 0 Å². The number of hydrogen-bond acceptors (Lipinski definition) is 3. The van der Waals surface area contributed by atoms with Crippen molar-refractivity contribution in [2.24, 2.45) is 16.7 Å². The summed E-state index contributed by atoms with van der Waals surface area (Å²) < 4.78 is 4.80. The fourth-order valence-corrected chi connectivity index (χ4v) is 4.21. The second kappa shape index (κ2) is 3.98. The van der Waals surface area contributed by atoms with Gasteiger partial charge >= 0.3 is 5.97 Å². The topological polar surface area (TPSA) is 38.3 Å². The van der Waals surface area contributed by atoms with Crippen molar-refractivity contribution in [3.63, 3.8) is 0 Å². The fraction of sp³-hybridized carbons (Fsp3) is 0.929. The van der Waals surface area contributed by atoms with Gasteiger partial charge in [-0.1, -0.05) is 20.8 Å². The van der Waals surface area contributed by atoms with Gasteiger partial charge in [-0.15, -0.1) is 0 Å². The van der Waals surface area contributed by atoms with Gasteiger partial charge in [-0.3, -0.25) is 4.79 Å². The number of carbonyl (C=O) groups excluding carboxylic acids is 1. The van der Waals surface area contributed by atoms with Crippen LogP contribution in [0.4, 0.5) is 0 Å². The molecule has 2 saturated carbocycles. The summed E-state index contributed by atoms with van der Waals surface area (Å²) in [6.45, 7) is 8.94. The minimum atomic E-state index is -0.208. The smallest absolute Gasteiger partial charge is 0.322 e. The second-order valence-electron chi connectivity index (χ2n) is 6.76. The largest absolute Gasteiger partial charge is 0.468 e. The molecule has 0 aromatic rings. The predicted molar refractivity (Wildman–Crippen MR) is 67.6 cm³/mol. The predicted octanol–water partition coefficient (Wildman–Crippen LogP) is 2.35. The van der Waals surface area contributed by atoms with Gasteiger partial charge in [-0.05, 0) is 42.9 Å². The van der Waals surface area contributed by atoms with Gasteiger partial charge in [-0.25, -0.2) is 0 Å². The van der Waals surface area contributed by atoms with Crippen LogP contribution in [-0.2, 0) is 9.53 Å². The van der Waals surface area contributed by atoms with E-state index in [9.17, 15) is 4.79 Å². The monoisotopic (exact) mass is 239 g/mol. The van der Waals surface area contributed by atoms with Crippen molar-refractivity contribution >= 4 is 5.97 Å². The molecule has 0 aliphatic heterocycles. The van der Waals surface area contributed by atoms with Crippen molar-refractivity contribution in [3.05, 3.63) is 0 Å². The SMILES string of the molecule is COC(=O)C(C)NC1C(C)(C)[C@H]2CC[C@]1(C)C2. The molecular formula is C14H25NO2. The molecule has 3 nitrogen and oxygen atoms in total. The Morgan fingerprint density at radius 2 is 2.06 bits per heavy atom. The van der Waals surface area contributed by atoms with E-state index in [0.29, 0.717) is 11.5 Å². The molecule has 2 unspecified atom stereocenters. The lowest BCUT2D eigenvalue weighted by Gasteiger charge is -2.44. The zero-order valence-electron chi connectivity index (χ0n) is 11.7. The molecule has 2 aliphatic carbocycles. The van der Waals surface area contributed by atoms with Gasteiger partial charge in [-0.2, -0.15) is 0 Å². The third-order valence-corrected chi connectivity index (χ3v) is 5.24. The summed E-state index contributed by atoms with van der Waals surface area (Å²) in [6, 6.07) is 0.211. The quantitative estimate of drug-likeness (QED) is 0.768. The van der Waals surface area contributed by atoms with Gasteiger partial charge in [0.2, 0.25) is 0 Å². The van der Waals surface area contributed by atoms with E-state index in [4.69, 9.17) is 4.74 Å². The van der Waals surface area contributed by atoms with Crippen LogP contribution in [0.1, 0.15) is 47.0 Å². The molecule has 4 atom stereocenters. The molecule has 0 aromatic heterocycles. The Balaban J connectivity index is 2.12. The number of fused-ring (bicyclic) bond motifs is 2. The van der Waals surface area contributed by atoms with Crippen LogP contribution in [0, 0.1) is 16.7 Å². The van der Waals surface area contributed by atoms with E-state index in [1.807, 2.05) is 6.92 Å². The highest BCUT2D eigenvalue weighted by Gasteiger charge is 2.59. The minimum Gasteiger partial charge on any atom is -0.468 e. The van der Waals surface area contributed by atoms with Crippen LogP contribution in [-0.4, -0.2) is 25.2 Å². The Kier molecular flexibility index (Phi) is 3.01. The number of esters is 1. The lowest BCUT2D eigenvalue weighted by atomic mass is 9.68. The van der Waals surface area contributed by atoms with Gasteiger partial charge in [0.25, 0.3) is 0 Å².